The molecule has 0 saturated heterocycles. The van der Waals surface area contributed by atoms with Crippen molar-refractivity contribution in [3.63, 3.8) is 0 Å². The van der Waals surface area contributed by atoms with Crippen molar-refractivity contribution < 1.29 is 18.4 Å². The van der Waals surface area contributed by atoms with Crippen LogP contribution >= 0.6 is 11.3 Å². The second-order valence-corrected chi connectivity index (χ2v) is 6.07. The van der Waals surface area contributed by atoms with Crippen LogP contribution in [0.1, 0.15) is 20.8 Å². The zero-order valence-corrected chi connectivity index (χ0v) is 13.9. The number of carbonyl (C=O) groups is 2. The summed E-state index contributed by atoms with van der Waals surface area (Å²) in [4.78, 5) is 29.8. The van der Waals surface area contributed by atoms with Crippen molar-refractivity contribution in [3.8, 4) is 0 Å². The summed E-state index contributed by atoms with van der Waals surface area (Å²) in [6.45, 7) is 1.15. The molecular formula is C15H16F2N4O2S. The van der Waals surface area contributed by atoms with E-state index in [-0.39, 0.29) is 22.3 Å². The molecule has 2 rings (SSSR count). The zero-order valence-electron chi connectivity index (χ0n) is 13.1. The lowest BCUT2D eigenvalue weighted by Crippen LogP contribution is -2.31. The van der Waals surface area contributed by atoms with Crippen molar-refractivity contribution in [1.29, 1.82) is 0 Å². The Labute approximate surface area is 141 Å². The third-order valence-corrected chi connectivity index (χ3v) is 3.68. The number of likely N-dealkylation sites (N-methyl/N-ethyl adjacent to an activating group) is 1. The first-order chi connectivity index (χ1) is 11.3. The van der Waals surface area contributed by atoms with Gasteiger partial charge in [0.15, 0.2) is 5.13 Å². The van der Waals surface area contributed by atoms with Gasteiger partial charge in [-0.1, -0.05) is 0 Å². The monoisotopic (exact) mass is 354 g/mol. The van der Waals surface area contributed by atoms with E-state index in [0.29, 0.717) is 19.2 Å². The number of hydrogen-bond acceptors (Lipinski definition) is 5. The van der Waals surface area contributed by atoms with Crippen LogP contribution in [0.3, 0.4) is 0 Å². The fraction of sp³-hybridized carbons (Fsp3) is 0.267. The lowest BCUT2D eigenvalue weighted by molar-refractivity contribution is 0.0945. The molecule has 24 heavy (non-hydrogen) atoms. The van der Waals surface area contributed by atoms with Crippen LogP contribution in [0.25, 0.3) is 0 Å². The van der Waals surface area contributed by atoms with Crippen LogP contribution in [0.2, 0.25) is 0 Å². The normalized spacial score (nSPS) is 10.7. The molecule has 0 saturated carbocycles. The summed E-state index contributed by atoms with van der Waals surface area (Å²) in [5, 5.41) is 6.77. The summed E-state index contributed by atoms with van der Waals surface area (Å²) >= 11 is 1.05. The van der Waals surface area contributed by atoms with Crippen LogP contribution in [-0.2, 0) is 0 Å². The van der Waals surface area contributed by atoms with Crippen molar-refractivity contribution in [2.75, 3.05) is 32.5 Å². The first kappa shape index (κ1) is 18.0. The molecule has 0 atom stereocenters. The zero-order chi connectivity index (χ0) is 17.7. The van der Waals surface area contributed by atoms with E-state index in [1.807, 2.05) is 19.0 Å². The predicted octanol–water partition coefficient (Wildman–Crippen LogP) is 1.97. The number of carbonyl (C=O) groups excluding carboxylic acids is 2. The van der Waals surface area contributed by atoms with E-state index < -0.39 is 17.5 Å². The minimum atomic E-state index is -0.847. The number of anilines is 1. The molecule has 0 fully saturated rings. The van der Waals surface area contributed by atoms with E-state index in [9.17, 15) is 18.4 Å². The number of amides is 2. The van der Waals surface area contributed by atoms with Gasteiger partial charge in [0.25, 0.3) is 11.8 Å². The fourth-order valence-electron chi connectivity index (χ4n) is 1.77. The highest BCUT2D eigenvalue weighted by Crippen LogP contribution is 2.17. The molecule has 2 amide bonds. The van der Waals surface area contributed by atoms with Crippen molar-refractivity contribution in [2.24, 2.45) is 0 Å². The lowest BCUT2D eigenvalue weighted by Gasteiger charge is -2.09. The summed E-state index contributed by atoms with van der Waals surface area (Å²) in [5.41, 5.74) is -0.000775. The molecule has 0 aliphatic rings. The van der Waals surface area contributed by atoms with E-state index in [4.69, 9.17) is 0 Å². The Kier molecular flexibility index (Phi) is 5.93. The predicted molar refractivity (Wildman–Crippen MR) is 87.3 cm³/mol. The van der Waals surface area contributed by atoms with Gasteiger partial charge in [-0.3, -0.25) is 14.9 Å². The molecule has 2 N–H and O–H groups in total. The molecule has 128 valence electrons. The van der Waals surface area contributed by atoms with Crippen molar-refractivity contribution >= 4 is 28.3 Å². The van der Waals surface area contributed by atoms with E-state index in [1.54, 1.807) is 0 Å². The summed E-state index contributed by atoms with van der Waals surface area (Å²) in [6, 6.07) is 2.51. The number of hydrogen-bond donors (Lipinski definition) is 2. The van der Waals surface area contributed by atoms with Gasteiger partial charge in [0.05, 0.1) is 0 Å². The average Bonchev–Trinajstić information content (AvgIpc) is 2.94. The lowest BCUT2D eigenvalue weighted by atomic mass is 10.2. The molecule has 0 unspecified atom stereocenters. The molecule has 0 aliphatic heterocycles. The molecule has 1 aromatic heterocycles. The molecule has 2 aromatic rings. The summed E-state index contributed by atoms with van der Waals surface area (Å²) in [5.74, 6) is -2.76. The SMILES string of the molecule is CN(C)CCNC(=O)c1csc(NC(=O)c2cc(F)cc(F)c2)n1. The summed E-state index contributed by atoms with van der Waals surface area (Å²) in [6.07, 6.45) is 0. The van der Waals surface area contributed by atoms with Gasteiger partial charge in [0.2, 0.25) is 0 Å². The molecule has 0 spiro atoms. The molecule has 6 nitrogen and oxygen atoms in total. The third-order valence-electron chi connectivity index (χ3n) is 2.93. The number of rotatable bonds is 6. The molecule has 1 aromatic carbocycles. The largest absolute Gasteiger partial charge is 0.349 e. The van der Waals surface area contributed by atoms with Gasteiger partial charge in [0.1, 0.15) is 17.3 Å². The van der Waals surface area contributed by atoms with Gasteiger partial charge in [-0.2, -0.15) is 0 Å². The van der Waals surface area contributed by atoms with Crippen molar-refractivity contribution in [3.05, 3.63) is 46.5 Å². The van der Waals surface area contributed by atoms with Crippen LogP contribution in [0.5, 0.6) is 0 Å². The van der Waals surface area contributed by atoms with Gasteiger partial charge in [0, 0.05) is 30.1 Å². The van der Waals surface area contributed by atoms with Crippen LogP contribution in [-0.4, -0.2) is 48.9 Å². The van der Waals surface area contributed by atoms with Gasteiger partial charge >= 0.3 is 0 Å². The Morgan fingerprint density at radius 1 is 1.17 bits per heavy atom. The Morgan fingerprint density at radius 2 is 1.83 bits per heavy atom. The van der Waals surface area contributed by atoms with E-state index >= 15 is 0 Å². The number of nitrogens with zero attached hydrogens (tertiary/aromatic N) is 2. The standard InChI is InChI=1S/C15H16F2N4O2S/c1-21(2)4-3-18-14(23)12-8-24-15(19-12)20-13(22)9-5-10(16)7-11(17)6-9/h5-8H,3-4H2,1-2H3,(H,18,23)(H,19,20,22). The summed E-state index contributed by atoms with van der Waals surface area (Å²) < 4.78 is 26.2. The Morgan fingerprint density at radius 3 is 2.46 bits per heavy atom. The number of benzene rings is 1. The molecule has 0 radical (unpaired) electrons. The number of halogens is 2. The minimum absolute atomic E-state index is 0.166. The van der Waals surface area contributed by atoms with Crippen LogP contribution in [0.4, 0.5) is 13.9 Å². The maximum absolute atomic E-state index is 13.1. The van der Waals surface area contributed by atoms with Crippen LogP contribution in [0.15, 0.2) is 23.6 Å². The quantitative estimate of drug-likeness (QED) is 0.832. The van der Waals surface area contributed by atoms with E-state index in [2.05, 4.69) is 15.6 Å². The van der Waals surface area contributed by atoms with Crippen molar-refractivity contribution in [1.82, 2.24) is 15.2 Å². The first-order valence-corrected chi connectivity index (χ1v) is 7.89. The van der Waals surface area contributed by atoms with Crippen LogP contribution in [0, 0.1) is 11.6 Å². The maximum atomic E-state index is 13.1. The molecule has 0 bridgehead atoms. The van der Waals surface area contributed by atoms with E-state index in [1.165, 1.54) is 5.38 Å². The molecule has 1 heterocycles. The van der Waals surface area contributed by atoms with Crippen molar-refractivity contribution in [2.45, 2.75) is 0 Å². The highest BCUT2D eigenvalue weighted by atomic mass is 32.1. The maximum Gasteiger partial charge on any atom is 0.270 e. The molecular weight excluding hydrogens is 338 g/mol. The average molecular weight is 354 g/mol. The minimum Gasteiger partial charge on any atom is -0.349 e. The smallest absolute Gasteiger partial charge is 0.270 e. The number of nitrogens with one attached hydrogen (secondary N) is 2. The van der Waals surface area contributed by atoms with Gasteiger partial charge in [-0.05, 0) is 26.2 Å². The van der Waals surface area contributed by atoms with Gasteiger partial charge < -0.3 is 10.2 Å². The van der Waals surface area contributed by atoms with Gasteiger partial charge in [-0.15, -0.1) is 11.3 Å². The Balaban J connectivity index is 1.97. The fourth-order valence-corrected chi connectivity index (χ4v) is 2.46. The highest BCUT2D eigenvalue weighted by Gasteiger charge is 2.14. The van der Waals surface area contributed by atoms with Crippen LogP contribution < -0.4 is 10.6 Å². The molecule has 0 aliphatic carbocycles. The Bertz CT molecular complexity index is 729. The summed E-state index contributed by atoms with van der Waals surface area (Å²) in [7, 11) is 3.77. The second-order valence-electron chi connectivity index (χ2n) is 5.21. The Hall–Kier alpha value is -2.39. The highest BCUT2D eigenvalue weighted by molar-refractivity contribution is 7.14. The van der Waals surface area contributed by atoms with E-state index in [0.717, 1.165) is 23.5 Å². The number of aromatic nitrogens is 1. The third kappa shape index (κ3) is 5.07. The topological polar surface area (TPSA) is 74.3 Å². The first-order valence-electron chi connectivity index (χ1n) is 7.01. The van der Waals surface area contributed by atoms with Gasteiger partial charge in [-0.25, -0.2) is 13.8 Å². The number of thiazole rings is 1. The second kappa shape index (κ2) is 7.93. The molecule has 9 heteroatoms.